The maximum Gasteiger partial charge on any atom is 0.487 e. The molecule has 0 aromatic heterocycles. The highest BCUT2D eigenvalue weighted by molar-refractivity contribution is 6.99. The lowest BCUT2D eigenvalue weighted by Gasteiger charge is -2.45. The van der Waals surface area contributed by atoms with Crippen molar-refractivity contribution in [3.63, 3.8) is 0 Å². The number of carbonyl (C=O) groups is 2. The van der Waals surface area contributed by atoms with Crippen LogP contribution in [0.2, 0.25) is 5.04 Å². The number of likely N-dealkylation sites (tertiary alicyclic amines) is 1. The van der Waals surface area contributed by atoms with Gasteiger partial charge in [0.25, 0.3) is 8.32 Å². The van der Waals surface area contributed by atoms with Crippen LogP contribution in [0.25, 0.3) is 0 Å². The summed E-state index contributed by atoms with van der Waals surface area (Å²) in [4.78, 5) is 28.0. The van der Waals surface area contributed by atoms with Crippen molar-refractivity contribution in [3.8, 4) is 5.75 Å². The van der Waals surface area contributed by atoms with E-state index in [1.165, 1.54) is 11.9 Å². The van der Waals surface area contributed by atoms with E-state index in [1.54, 1.807) is 24.3 Å². The van der Waals surface area contributed by atoms with Crippen LogP contribution in [0.3, 0.4) is 0 Å². The predicted molar refractivity (Wildman–Crippen MR) is 168 cm³/mol. The molecule has 6 rings (SSSR count). The van der Waals surface area contributed by atoms with Gasteiger partial charge in [-0.05, 0) is 51.3 Å². The van der Waals surface area contributed by atoms with Crippen LogP contribution in [0.1, 0.15) is 45.3 Å². The van der Waals surface area contributed by atoms with Gasteiger partial charge in [0, 0.05) is 12.6 Å². The Balaban J connectivity index is 1.44. The first-order chi connectivity index (χ1) is 20.5. The summed E-state index contributed by atoms with van der Waals surface area (Å²) in [6, 6.07) is 27.6. The predicted octanol–water partition coefficient (Wildman–Crippen LogP) is 4.00. The Morgan fingerprint density at radius 2 is 1.49 bits per heavy atom. The molecule has 7 nitrogen and oxygen atoms in total. The van der Waals surface area contributed by atoms with E-state index in [4.69, 9.17) is 9.08 Å². The van der Waals surface area contributed by atoms with Gasteiger partial charge in [0.05, 0.1) is 24.5 Å². The molecule has 0 saturated carbocycles. The number of phenols is 1. The minimum atomic E-state index is -2.92. The zero-order chi connectivity index (χ0) is 30.5. The van der Waals surface area contributed by atoms with E-state index in [0.29, 0.717) is 23.9 Å². The Labute approximate surface area is 254 Å². The number of hydrogen-bond donors (Lipinski definition) is 2. The highest BCUT2D eigenvalue weighted by atomic mass is 28.4. The van der Waals surface area contributed by atoms with Crippen LogP contribution in [-0.2, 0) is 18.7 Å². The molecule has 2 heterocycles. The summed E-state index contributed by atoms with van der Waals surface area (Å²) < 4.78 is 13.4. The molecular weight excluding hydrogens is 557 g/mol. The summed E-state index contributed by atoms with van der Waals surface area (Å²) in [6.45, 7) is 6.83. The molecule has 2 amide bonds. The molecule has 0 unspecified atom stereocenters. The summed E-state index contributed by atoms with van der Waals surface area (Å²) >= 11 is 0. The quantitative estimate of drug-likeness (QED) is 0.331. The minimum absolute atomic E-state index is 0.0701. The van der Waals surface area contributed by atoms with Crippen molar-refractivity contribution < 1.29 is 28.8 Å². The number of para-hydroxylation sites is 1. The van der Waals surface area contributed by atoms with Crippen LogP contribution in [0, 0.1) is 17.8 Å². The molecular formula is C34H38BNO6Si. The van der Waals surface area contributed by atoms with Crippen molar-refractivity contribution in [2.45, 2.75) is 44.8 Å². The van der Waals surface area contributed by atoms with Gasteiger partial charge in [0.15, 0.2) is 0 Å². The van der Waals surface area contributed by atoms with Crippen molar-refractivity contribution in [1.82, 2.24) is 4.90 Å². The molecule has 3 aliphatic rings. The van der Waals surface area contributed by atoms with Crippen molar-refractivity contribution in [1.29, 1.82) is 0 Å². The molecule has 0 radical (unpaired) electrons. The highest BCUT2D eigenvalue weighted by Crippen LogP contribution is 2.52. The van der Waals surface area contributed by atoms with E-state index in [0.717, 1.165) is 15.9 Å². The molecule has 0 spiro atoms. The normalized spacial score (nSPS) is 24.3. The van der Waals surface area contributed by atoms with Gasteiger partial charge in [-0.3, -0.25) is 14.5 Å². The van der Waals surface area contributed by atoms with Gasteiger partial charge < -0.3 is 19.2 Å². The summed E-state index contributed by atoms with van der Waals surface area (Å²) in [5.41, 5.74) is 2.01. The Morgan fingerprint density at radius 3 is 2.07 bits per heavy atom. The van der Waals surface area contributed by atoms with Gasteiger partial charge >= 0.3 is 7.12 Å². The number of amides is 2. The third kappa shape index (κ3) is 4.88. The van der Waals surface area contributed by atoms with Gasteiger partial charge in [-0.1, -0.05) is 99.6 Å². The third-order valence-corrected chi connectivity index (χ3v) is 14.6. The molecule has 3 aromatic carbocycles. The molecule has 2 saturated heterocycles. The molecule has 2 fully saturated rings. The standard InChI is InChI=1S/C34H38BNO6Si/c1-34(2,3)43(23-13-7-5-8-14-23,24-15-9-6-10-16-24)41-21-22-19-27-30(33(39)36(4)32(27)38)26-20-29(42-35(40)31(22)26)25-17-11-12-18-28(25)37/h5-18,26-27,29-30,37,40H,19-21H2,1-4H3/t26-,27-,29-,30+/m0/s1. The highest BCUT2D eigenvalue weighted by Gasteiger charge is 2.58. The molecule has 9 heteroatoms. The fourth-order valence-corrected chi connectivity index (χ4v) is 12.2. The average Bonchev–Trinajstić information content (AvgIpc) is 3.21. The van der Waals surface area contributed by atoms with Crippen molar-refractivity contribution in [2.75, 3.05) is 13.7 Å². The smallest absolute Gasteiger partial charge is 0.487 e. The van der Waals surface area contributed by atoms with E-state index >= 15 is 0 Å². The fourth-order valence-electron chi connectivity index (χ4n) is 7.62. The molecule has 43 heavy (non-hydrogen) atoms. The van der Waals surface area contributed by atoms with Crippen molar-refractivity contribution in [2.24, 2.45) is 17.8 Å². The van der Waals surface area contributed by atoms with Gasteiger partial charge in [-0.2, -0.15) is 0 Å². The van der Waals surface area contributed by atoms with Crippen LogP contribution in [0.5, 0.6) is 5.75 Å². The van der Waals surface area contributed by atoms with Gasteiger partial charge in [0.1, 0.15) is 5.75 Å². The van der Waals surface area contributed by atoms with Crippen LogP contribution in [0.4, 0.5) is 0 Å². The number of rotatable bonds is 6. The van der Waals surface area contributed by atoms with Crippen molar-refractivity contribution in [3.05, 3.63) is 102 Å². The van der Waals surface area contributed by atoms with E-state index in [-0.39, 0.29) is 29.2 Å². The zero-order valence-electron chi connectivity index (χ0n) is 25.1. The second-order valence-electron chi connectivity index (χ2n) is 13.0. The number of nitrogens with zero attached hydrogens (tertiary/aromatic N) is 1. The summed E-state index contributed by atoms with van der Waals surface area (Å²) in [7, 11) is -2.67. The van der Waals surface area contributed by atoms with E-state index in [2.05, 4.69) is 45.0 Å². The third-order valence-electron chi connectivity index (χ3n) is 9.60. The number of aromatic hydroxyl groups is 1. The first-order valence-corrected chi connectivity index (χ1v) is 16.8. The van der Waals surface area contributed by atoms with Gasteiger partial charge in [-0.15, -0.1) is 0 Å². The first-order valence-electron chi connectivity index (χ1n) is 14.9. The summed E-state index contributed by atoms with van der Waals surface area (Å²) in [5.74, 6) is -1.89. The van der Waals surface area contributed by atoms with Gasteiger partial charge in [0.2, 0.25) is 11.8 Å². The lowest BCUT2D eigenvalue weighted by Crippen LogP contribution is -2.66. The van der Waals surface area contributed by atoms with E-state index < -0.39 is 39.3 Å². The number of benzene rings is 3. The van der Waals surface area contributed by atoms with E-state index in [1.807, 2.05) is 36.4 Å². The number of imide groups is 1. The number of carbonyl (C=O) groups excluding carboxylic acids is 2. The maximum absolute atomic E-state index is 13.4. The largest absolute Gasteiger partial charge is 0.508 e. The number of phenolic OH excluding ortho intramolecular Hbond substituents is 1. The van der Waals surface area contributed by atoms with Crippen LogP contribution < -0.4 is 10.4 Å². The number of hydrogen-bond acceptors (Lipinski definition) is 6. The topological polar surface area (TPSA) is 96.3 Å². The summed E-state index contributed by atoms with van der Waals surface area (Å²) in [6.07, 6.45) is 0.0581. The molecule has 222 valence electrons. The number of fused-ring (bicyclic) bond motifs is 3. The Bertz CT molecular complexity index is 1520. The monoisotopic (exact) mass is 595 g/mol. The molecule has 3 aromatic rings. The molecule has 2 aliphatic heterocycles. The molecule has 0 bridgehead atoms. The van der Waals surface area contributed by atoms with E-state index in [9.17, 15) is 19.7 Å². The van der Waals surface area contributed by atoms with Crippen LogP contribution in [-0.4, -0.2) is 55.9 Å². The summed E-state index contributed by atoms with van der Waals surface area (Å²) in [5, 5.41) is 24.1. The number of allylic oxidation sites excluding steroid dienone is 1. The fraction of sp³-hybridized carbons (Fsp3) is 0.353. The second kappa shape index (κ2) is 11.2. The Kier molecular flexibility index (Phi) is 7.71. The van der Waals surface area contributed by atoms with Crippen LogP contribution in [0.15, 0.2) is 96.0 Å². The lowest BCUT2D eigenvalue weighted by molar-refractivity contribution is -0.138. The Morgan fingerprint density at radius 1 is 0.907 bits per heavy atom. The Hall–Kier alpha value is -3.50. The SMILES string of the molecule is CN1C(=O)[C@H]2[C@H](CC(CO[Si](c3ccccc3)(c3ccccc3)C(C)(C)C)=C3B(O)O[C@H](c4ccccc4O)C[C@H]32)C1=O. The molecule has 4 atom stereocenters. The molecule has 1 aliphatic carbocycles. The molecule has 2 N–H and O–H groups in total. The maximum atomic E-state index is 13.4. The van der Waals surface area contributed by atoms with Crippen molar-refractivity contribution >= 4 is 37.6 Å². The van der Waals surface area contributed by atoms with Crippen LogP contribution >= 0.6 is 0 Å². The first kappa shape index (κ1) is 29.6. The average molecular weight is 596 g/mol. The van der Waals surface area contributed by atoms with Gasteiger partial charge in [-0.25, -0.2) is 0 Å². The minimum Gasteiger partial charge on any atom is -0.508 e. The zero-order valence-corrected chi connectivity index (χ0v) is 26.1. The lowest BCUT2D eigenvalue weighted by atomic mass is 9.55. The second-order valence-corrected chi connectivity index (χ2v) is 17.3.